The fourth-order valence-electron chi connectivity index (χ4n) is 4.25. The van der Waals surface area contributed by atoms with Crippen molar-refractivity contribution in [3.05, 3.63) is 54.2 Å². The van der Waals surface area contributed by atoms with Crippen LogP contribution in [0.25, 0.3) is 10.9 Å². The van der Waals surface area contributed by atoms with Gasteiger partial charge < -0.3 is 36.8 Å². The van der Waals surface area contributed by atoms with Gasteiger partial charge in [0.05, 0.1) is 12.4 Å². The van der Waals surface area contributed by atoms with E-state index in [1.807, 2.05) is 36.8 Å². The van der Waals surface area contributed by atoms with Gasteiger partial charge in [-0.1, -0.05) is 18.2 Å². The zero-order valence-corrected chi connectivity index (χ0v) is 24.6. The molecule has 0 bridgehead atoms. The molecule has 0 aliphatic carbocycles. The number of carboxylic acids is 1. The van der Waals surface area contributed by atoms with E-state index in [2.05, 4.69) is 30.9 Å². The first-order valence-electron chi connectivity index (χ1n) is 13.1. The monoisotopic (exact) mass is 603 g/mol. The Hall–Kier alpha value is -3.49. The van der Waals surface area contributed by atoms with E-state index in [9.17, 15) is 24.3 Å². The Morgan fingerprint density at radius 3 is 2.24 bits per heavy atom. The summed E-state index contributed by atoms with van der Waals surface area (Å²) < 4.78 is 0. The Kier molecular flexibility index (Phi) is 12.6. The first-order chi connectivity index (χ1) is 19.7. The van der Waals surface area contributed by atoms with Crippen molar-refractivity contribution in [2.75, 3.05) is 24.0 Å². The Labute approximate surface area is 246 Å². The van der Waals surface area contributed by atoms with Gasteiger partial charge >= 0.3 is 5.97 Å². The van der Waals surface area contributed by atoms with E-state index in [1.54, 1.807) is 18.0 Å². The van der Waals surface area contributed by atoms with Crippen molar-refractivity contribution in [3.8, 4) is 0 Å². The molecule has 0 spiro atoms. The topological polar surface area (TPSA) is 195 Å². The number of aromatic amines is 2. The molecule has 0 aliphatic rings. The number of nitrogens with two attached hydrogens (primary N) is 1. The molecule has 3 rings (SSSR count). The lowest BCUT2D eigenvalue weighted by atomic mass is 10.0. The molecule has 0 saturated heterocycles. The summed E-state index contributed by atoms with van der Waals surface area (Å²) in [5.74, 6) is -1.65. The molecule has 0 fully saturated rings. The Morgan fingerprint density at radius 2 is 1.56 bits per heavy atom. The molecule has 0 radical (unpaired) electrons. The molecule has 2 aromatic heterocycles. The van der Waals surface area contributed by atoms with Crippen LogP contribution in [-0.4, -0.2) is 91.9 Å². The second-order valence-electron chi connectivity index (χ2n) is 9.54. The number of carbonyl (C=O) groups is 4. The van der Waals surface area contributed by atoms with Crippen LogP contribution in [0.15, 0.2) is 43.0 Å². The Balaban J connectivity index is 1.79. The van der Waals surface area contributed by atoms with E-state index in [4.69, 9.17) is 5.73 Å². The quantitative estimate of drug-likeness (QED) is 0.118. The zero-order valence-electron chi connectivity index (χ0n) is 23.0. The summed E-state index contributed by atoms with van der Waals surface area (Å²) in [6.07, 6.45) is 9.34. The number of aliphatic carboxylic acids is 1. The number of carboxylic acid groups (broad SMARTS) is 1. The number of rotatable bonds is 17. The van der Waals surface area contributed by atoms with E-state index in [0.29, 0.717) is 23.6 Å². The number of imidazole rings is 1. The predicted molar refractivity (Wildman–Crippen MR) is 162 cm³/mol. The van der Waals surface area contributed by atoms with Gasteiger partial charge in [0.1, 0.15) is 18.1 Å². The maximum Gasteiger partial charge on any atom is 0.326 e. The number of thioether (sulfide) groups is 2. The lowest BCUT2D eigenvalue weighted by Gasteiger charge is -2.25. The number of nitrogens with zero attached hydrogens (tertiary/aromatic N) is 1. The summed E-state index contributed by atoms with van der Waals surface area (Å²) in [5.41, 5.74) is 8.32. The van der Waals surface area contributed by atoms with Crippen LogP contribution in [0.1, 0.15) is 24.1 Å². The van der Waals surface area contributed by atoms with E-state index < -0.39 is 47.9 Å². The summed E-state index contributed by atoms with van der Waals surface area (Å²) >= 11 is 3.05. The van der Waals surface area contributed by atoms with Crippen molar-refractivity contribution < 1.29 is 24.3 Å². The molecule has 3 amide bonds. The fourth-order valence-corrected chi connectivity index (χ4v) is 5.21. The van der Waals surface area contributed by atoms with Gasteiger partial charge in [-0.15, -0.1) is 0 Å². The molecule has 8 N–H and O–H groups in total. The van der Waals surface area contributed by atoms with Gasteiger partial charge in [0.15, 0.2) is 0 Å². The highest BCUT2D eigenvalue weighted by Gasteiger charge is 2.31. The van der Waals surface area contributed by atoms with E-state index >= 15 is 0 Å². The lowest BCUT2D eigenvalue weighted by molar-refractivity contribution is -0.142. The predicted octanol–water partition coefficient (Wildman–Crippen LogP) is 1.05. The van der Waals surface area contributed by atoms with E-state index in [-0.39, 0.29) is 19.3 Å². The van der Waals surface area contributed by atoms with Crippen LogP contribution in [0.4, 0.5) is 0 Å². The zero-order chi connectivity index (χ0) is 29.8. The molecule has 1 aromatic carbocycles. The average molecular weight is 604 g/mol. The number of amides is 3. The number of hydrogen-bond acceptors (Lipinski definition) is 8. The number of benzene rings is 1. The van der Waals surface area contributed by atoms with E-state index in [1.165, 1.54) is 24.3 Å². The van der Waals surface area contributed by atoms with Crippen LogP contribution in [-0.2, 0) is 32.0 Å². The van der Waals surface area contributed by atoms with Crippen LogP contribution in [0.2, 0.25) is 0 Å². The van der Waals surface area contributed by atoms with Gasteiger partial charge in [0, 0.05) is 41.8 Å². The highest BCUT2D eigenvalue weighted by molar-refractivity contribution is 7.98. The van der Waals surface area contributed by atoms with Crippen LogP contribution < -0.4 is 21.7 Å². The van der Waals surface area contributed by atoms with Crippen molar-refractivity contribution in [2.24, 2.45) is 5.73 Å². The number of H-pyrrole nitrogens is 2. The van der Waals surface area contributed by atoms with Gasteiger partial charge in [-0.2, -0.15) is 23.5 Å². The minimum Gasteiger partial charge on any atom is -0.480 e. The number of fused-ring (bicyclic) bond motifs is 1. The normalized spacial score (nSPS) is 14.1. The third-order valence-electron chi connectivity index (χ3n) is 6.54. The minimum absolute atomic E-state index is 0.00253. The molecule has 0 aliphatic heterocycles. The number of aromatic nitrogens is 3. The van der Waals surface area contributed by atoms with E-state index in [0.717, 1.165) is 16.5 Å². The Morgan fingerprint density at radius 1 is 0.902 bits per heavy atom. The Bertz CT molecular complexity index is 1300. The standard InChI is InChI=1S/C27H37N7O5S2/c1-40-9-7-19(28)24(35)33-22(11-16-13-30-20-6-4-3-5-18(16)20)26(37)32-21(8-10-41-2)25(36)34-23(27(38)39)12-17-14-29-15-31-17/h3-6,13-15,19,21-23,30H,7-12,28H2,1-2H3,(H,29,31)(H,32,37)(H,33,35)(H,34,36)(H,38,39). The molecule has 4 atom stereocenters. The maximum absolute atomic E-state index is 13.6. The van der Waals surface area contributed by atoms with Crippen LogP contribution in [0.3, 0.4) is 0 Å². The molecular weight excluding hydrogens is 566 g/mol. The summed E-state index contributed by atoms with van der Waals surface area (Å²) in [6, 6.07) is 3.54. The molecule has 14 heteroatoms. The van der Waals surface area contributed by atoms with Gasteiger partial charge in [-0.25, -0.2) is 9.78 Å². The van der Waals surface area contributed by atoms with Crippen molar-refractivity contribution in [1.29, 1.82) is 0 Å². The minimum atomic E-state index is -1.23. The molecule has 2 heterocycles. The van der Waals surface area contributed by atoms with Crippen molar-refractivity contribution in [3.63, 3.8) is 0 Å². The van der Waals surface area contributed by atoms with Crippen molar-refractivity contribution in [1.82, 2.24) is 30.9 Å². The third kappa shape index (κ3) is 9.54. The fraction of sp³-hybridized carbons (Fsp3) is 0.444. The number of para-hydroxylation sites is 1. The second-order valence-corrected chi connectivity index (χ2v) is 11.5. The smallest absolute Gasteiger partial charge is 0.326 e. The lowest BCUT2D eigenvalue weighted by Crippen LogP contribution is -2.58. The highest BCUT2D eigenvalue weighted by Crippen LogP contribution is 2.19. The molecule has 222 valence electrons. The molecule has 0 saturated carbocycles. The first kappa shape index (κ1) is 32.0. The molecular formula is C27H37N7O5S2. The SMILES string of the molecule is CSCCC(N)C(=O)NC(Cc1c[nH]c2ccccc12)C(=O)NC(CCSC)C(=O)NC(Cc1cnc[nH]1)C(=O)O. The first-order valence-corrected chi connectivity index (χ1v) is 15.9. The van der Waals surface area contributed by atoms with Gasteiger partial charge in [-0.3, -0.25) is 14.4 Å². The summed E-state index contributed by atoms with van der Waals surface area (Å²) in [5, 5.41) is 18.7. The van der Waals surface area contributed by atoms with Crippen LogP contribution >= 0.6 is 23.5 Å². The van der Waals surface area contributed by atoms with Gasteiger partial charge in [0.25, 0.3) is 0 Å². The van der Waals surface area contributed by atoms with Crippen LogP contribution in [0.5, 0.6) is 0 Å². The largest absolute Gasteiger partial charge is 0.480 e. The van der Waals surface area contributed by atoms with Crippen LogP contribution in [0, 0.1) is 0 Å². The number of carbonyl (C=O) groups excluding carboxylic acids is 3. The summed E-state index contributed by atoms with van der Waals surface area (Å²) in [4.78, 5) is 61.6. The van der Waals surface area contributed by atoms with Gasteiger partial charge in [0.2, 0.25) is 17.7 Å². The average Bonchev–Trinajstić information content (AvgIpc) is 3.63. The van der Waals surface area contributed by atoms with Crippen molar-refractivity contribution >= 4 is 58.1 Å². The maximum atomic E-state index is 13.6. The third-order valence-corrected chi connectivity index (χ3v) is 7.83. The molecule has 3 aromatic rings. The summed E-state index contributed by atoms with van der Waals surface area (Å²) in [6.45, 7) is 0. The number of hydrogen-bond donors (Lipinski definition) is 7. The van der Waals surface area contributed by atoms with Crippen molar-refractivity contribution in [2.45, 2.75) is 49.9 Å². The molecule has 12 nitrogen and oxygen atoms in total. The molecule has 4 unspecified atom stereocenters. The second kappa shape index (κ2) is 16.1. The summed E-state index contributed by atoms with van der Waals surface area (Å²) in [7, 11) is 0. The number of nitrogens with one attached hydrogen (secondary N) is 5. The highest BCUT2D eigenvalue weighted by atomic mass is 32.2. The van der Waals surface area contributed by atoms with Gasteiger partial charge in [-0.05, 0) is 48.5 Å². The molecule has 41 heavy (non-hydrogen) atoms.